The molecule has 0 aliphatic rings. The average Bonchev–Trinajstić information content (AvgIpc) is 3.51. The summed E-state index contributed by atoms with van der Waals surface area (Å²) in [6, 6.07) is 27.8. The molecule has 226 valence electrons. The zero-order chi connectivity index (χ0) is 31.8. The van der Waals surface area contributed by atoms with Gasteiger partial charge in [-0.05, 0) is 66.7 Å². The van der Waals surface area contributed by atoms with E-state index in [1.807, 2.05) is 17.5 Å². The zero-order valence-corrected chi connectivity index (χ0v) is 27.1. The normalized spacial score (nSPS) is 11.1. The fourth-order valence-electron chi connectivity index (χ4n) is 3.96. The van der Waals surface area contributed by atoms with Crippen molar-refractivity contribution in [2.75, 3.05) is 16.4 Å². The van der Waals surface area contributed by atoms with Crippen LogP contribution in [0.4, 0.5) is 10.8 Å². The van der Waals surface area contributed by atoms with Crippen molar-refractivity contribution in [2.24, 2.45) is 0 Å². The molecule has 0 aliphatic carbocycles. The summed E-state index contributed by atoms with van der Waals surface area (Å²) in [5.74, 6) is -1.07. The SMILES string of the molecule is O=C(CSc1ccc(NC(=O)/C(=C/c2c(Cl)cccc2Cl)NC(=O)c2ccccc2)cc1)Nc1nc(-c2ccc(Cl)cc2)cs1. The van der Waals surface area contributed by atoms with Crippen molar-refractivity contribution in [2.45, 2.75) is 4.90 Å². The van der Waals surface area contributed by atoms with E-state index in [-0.39, 0.29) is 17.4 Å². The number of nitrogens with zero attached hydrogens (tertiary/aromatic N) is 1. The Bertz CT molecular complexity index is 1840. The van der Waals surface area contributed by atoms with Crippen LogP contribution in [0.2, 0.25) is 15.1 Å². The summed E-state index contributed by atoms with van der Waals surface area (Å²) in [6.07, 6.45) is 1.44. The molecule has 1 heterocycles. The molecule has 0 saturated heterocycles. The van der Waals surface area contributed by atoms with Gasteiger partial charge in [0, 0.05) is 47.7 Å². The Morgan fingerprint density at radius 2 is 1.49 bits per heavy atom. The Hall–Kier alpha value is -4.12. The minimum Gasteiger partial charge on any atom is -0.321 e. The molecule has 7 nitrogen and oxygen atoms in total. The molecule has 5 rings (SSSR count). The standard InChI is InChI=1S/C33H23Cl3N4O3S2/c34-22-11-9-20(10-12-22)29-18-45-33(39-29)40-30(41)19-44-24-15-13-23(14-16-24)37-32(43)28(17-25-26(35)7-4-8-27(25)36)38-31(42)21-5-2-1-3-6-21/h1-18H,19H2,(H,37,43)(H,38,42)(H,39,40,41)/b28-17-. The van der Waals surface area contributed by atoms with Crippen LogP contribution in [0.3, 0.4) is 0 Å². The van der Waals surface area contributed by atoms with Gasteiger partial charge in [0.1, 0.15) is 5.70 Å². The van der Waals surface area contributed by atoms with Crippen molar-refractivity contribution in [1.82, 2.24) is 10.3 Å². The molecule has 5 aromatic rings. The van der Waals surface area contributed by atoms with Crippen LogP contribution in [0.5, 0.6) is 0 Å². The fourth-order valence-corrected chi connectivity index (χ4v) is 6.02. The Morgan fingerprint density at radius 3 is 2.18 bits per heavy atom. The van der Waals surface area contributed by atoms with Crippen molar-refractivity contribution < 1.29 is 14.4 Å². The molecule has 45 heavy (non-hydrogen) atoms. The monoisotopic (exact) mass is 692 g/mol. The molecule has 0 saturated carbocycles. The van der Waals surface area contributed by atoms with Crippen LogP contribution in [0.25, 0.3) is 17.3 Å². The summed E-state index contributed by atoms with van der Waals surface area (Å²) < 4.78 is 0. The van der Waals surface area contributed by atoms with Crippen LogP contribution in [-0.4, -0.2) is 28.5 Å². The molecular weight excluding hydrogens is 671 g/mol. The maximum atomic E-state index is 13.3. The molecule has 1 aromatic heterocycles. The number of carbonyl (C=O) groups is 3. The zero-order valence-electron chi connectivity index (χ0n) is 23.2. The predicted octanol–water partition coefficient (Wildman–Crippen LogP) is 8.91. The summed E-state index contributed by atoms with van der Waals surface area (Å²) in [4.78, 5) is 44.1. The number of thiazole rings is 1. The number of carbonyl (C=O) groups excluding carboxylic acids is 3. The number of hydrogen-bond donors (Lipinski definition) is 3. The van der Waals surface area contributed by atoms with Gasteiger partial charge in [-0.2, -0.15) is 0 Å². The highest BCUT2D eigenvalue weighted by Crippen LogP contribution is 2.28. The summed E-state index contributed by atoms with van der Waals surface area (Å²) >= 11 is 21.3. The molecule has 0 atom stereocenters. The molecule has 4 aromatic carbocycles. The van der Waals surface area contributed by atoms with E-state index in [4.69, 9.17) is 34.8 Å². The van der Waals surface area contributed by atoms with Gasteiger partial charge in [0.05, 0.1) is 11.4 Å². The third-order valence-electron chi connectivity index (χ3n) is 6.19. The highest BCUT2D eigenvalue weighted by atomic mass is 35.5. The Balaban J connectivity index is 1.20. The van der Waals surface area contributed by atoms with Crippen LogP contribution in [-0.2, 0) is 9.59 Å². The lowest BCUT2D eigenvalue weighted by Gasteiger charge is -2.13. The summed E-state index contributed by atoms with van der Waals surface area (Å²) in [5, 5.41) is 11.9. The highest BCUT2D eigenvalue weighted by molar-refractivity contribution is 8.00. The second-order valence-corrected chi connectivity index (χ2v) is 12.5. The van der Waals surface area contributed by atoms with Gasteiger partial charge in [-0.25, -0.2) is 4.98 Å². The average molecular weight is 694 g/mol. The predicted molar refractivity (Wildman–Crippen MR) is 185 cm³/mol. The molecule has 0 bridgehead atoms. The Morgan fingerprint density at radius 1 is 0.800 bits per heavy atom. The first-order chi connectivity index (χ1) is 21.7. The number of aromatic nitrogens is 1. The number of thioether (sulfide) groups is 1. The minimum absolute atomic E-state index is 0.0459. The molecular formula is C33H23Cl3N4O3S2. The van der Waals surface area contributed by atoms with Gasteiger partial charge in [0.2, 0.25) is 5.91 Å². The first kappa shape index (κ1) is 32.3. The molecule has 3 amide bonds. The molecule has 12 heteroatoms. The first-order valence-corrected chi connectivity index (χ1v) is 16.3. The molecule has 0 aliphatic heterocycles. The third-order valence-corrected chi connectivity index (χ3v) is 8.87. The summed E-state index contributed by atoms with van der Waals surface area (Å²) in [5.41, 5.74) is 2.87. The number of anilines is 2. The topological polar surface area (TPSA) is 100 Å². The van der Waals surface area contributed by atoms with Crippen molar-refractivity contribution in [3.63, 3.8) is 0 Å². The maximum Gasteiger partial charge on any atom is 0.272 e. The molecule has 0 spiro atoms. The van der Waals surface area contributed by atoms with E-state index in [9.17, 15) is 14.4 Å². The maximum absolute atomic E-state index is 13.3. The Labute approximate surface area is 282 Å². The number of amides is 3. The van der Waals surface area contributed by atoms with Crippen molar-refractivity contribution in [1.29, 1.82) is 0 Å². The minimum atomic E-state index is -0.573. The van der Waals surface area contributed by atoms with Crippen LogP contribution in [0.15, 0.2) is 113 Å². The lowest BCUT2D eigenvalue weighted by atomic mass is 10.1. The van der Waals surface area contributed by atoms with Gasteiger partial charge in [-0.15, -0.1) is 23.1 Å². The van der Waals surface area contributed by atoms with Gasteiger partial charge in [0.15, 0.2) is 5.13 Å². The lowest BCUT2D eigenvalue weighted by molar-refractivity contribution is -0.114. The number of rotatable bonds is 10. The number of nitrogens with one attached hydrogen (secondary N) is 3. The second-order valence-electron chi connectivity index (χ2n) is 9.37. The van der Waals surface area contributed by atoms with Crippen LogP contribution < -0.4 is 16.0 Å². The van der Waals surface area contributed by atoms with E-state index < -0.39 is 11.8 Å². The van der Waals surface area contributed by atoms with Gasteiger partial charge < -0.3 is 16.0 Å². The molecule has 3 N–H and O–H groups in total. The van der Waals surface area contributed by atoms with Crippen LogP contribution >= 0.6 is 57.9 Å². The summed E-state index contributed by atoms with van der Waals surface area (Å²) in [6.45, 7) is 0. The molecule has 0 unspecified atom stereocenters. The van der Waals surface area contributed by atoms with E-state index in [0.29, 0.717) is 37.0 Å². The first-order valence-electron chi connectivity index (χ1n) is 13.3. The van der Waals surface area contributed by atoms with Crippen molar-refractivity contribution >= 4 is 92.5 Å². The van der Waals surface area contributed by atoms with Crippen molar-refractivity contribution in [3.05, 3.63) is 134 Å². The van der Waals surface area contributed by atoms with Gasteiger partial charge in [0.25, 0.3) is 11.8 Å². The van der Waals surface area contributed by atoms with E-state index in [1.165, 1.54) is 29.2 Å². The molecule has 0 fully saturated rings. The number of halogens is 3. The van der Waals surface area contributed by atoms with E-state index >= 15 is 0 Å². The van der Waals surface area contributed by atoms with E-state index in [1.54, 1.807) is 84.9 Å². The third kappa shape index (κ3) is 8.97. The number of hydrogen-bond acceptors (Lipinski definition) is 6. The van der Waals surface area contributed by atoms with Crippen molar-refractivity contribution in [3.8, 4) is 11.3 Å². The highest BCUT2D eigenvalue weighted by Gasteiger charge is 2.17. The largest absolute Gasteiger partial charge is 0.321 e. The summed E-state index contributed by atoms with van der Waals surface area (Å²) in [7, 11) is 0. The van der Waals surface area contributed by atoms with Gasteiger partial charge in [-0.3, -0.25) is 14.4 Å². The van der Waals surface area contributed by atoms with Crippen LogP contribution in [0, 0.1) is 0 Å². The quantitative estimate of drug-likeness (QED) is 0.100. The van der Waals surface area contributed by atoms with Gasteiger partial charge in [-0.1, -0.05) is 71.2 Å². The fraction of sp³-hybridized carbons (Fsp3) is 0.0303. The van der Waals surface area contributed by atoms with E-state index in [2.05, 4.69) is 20.9 Å². The lowest BCUT2D eigenvalue weighted by Crippen LogP contribution is -2.30. The van der Waals surface area contributed by atoms with E-state index in [0.717, 1.165) is 16.2 Å². The Kier molecular flexibility index (Phi) is 10.9. The molecule has 0 radical (unpaired) electrons. The van der Waals surface area contributed by atoms with Gasteiger partial charge >= 0.3 is 0 Å². The smallest absolute Gasteiger partial charge is 0.272 e. The number of benzene rings is 4. The second kappa shape index (κ2) is 15.2. The van der Waals surface area contributed by atoms with Crippen LogP contribution in [0.1, 0.15) is 15.9 Å².